The maximum atomic E-state index is 13.0. The molecule has 2 unspecified atom stereocenters. The molecule has 3 aromatic rings. The molecule has 0 radical (unpaired) electrons. The van der Waals surface area contributed by atoms with E-state index in [0.29, 0.717) is 27.5 Å². The average molecular weight is 507 g/mol. The van der Waals surface area contributed by atoms with Crippen LogP contribution in [0.3, 0.4) is 0 Å². The van der Waals surface area contributed by atoms with Crippen LogP contribution in [0, 0.1) is 0 Å². The number of hydrogen-bond acceptors (Lipinski definition) is 5. The molecule has 2 atom stereocenters. The first kappa shape index (κ1) is 25.3. The lowest BCUT2D eigenvalue weighted by Gasteiger charge is -2.23. The van der Waals surface area contributed by atoms with E-state index in [9.17, 15) is 14.7 Å². The van der Waals surface area contributed by atoms with Crippen LogP contribution in [-0.2, 0) is 9.53 Å². The molecular weight excluding hydrogens is 476 g/mol. The predicted molar refractivity (Wildman–Crippen MR) is 147 cm³/mol. The standard InChI is InChI=1S/C33H30O5/c1-5-37-33(36)29-20(3)16-26-31(30(29)23-9-7-6-8-10-23)32(35)27(38-26)17-25-15-19(2)28(21(25)4)24-13-11-22(18-34)12-14-24/h6-18,28,30,35H,5H2,1-4H3. The van der Waals surface area contributed by atoms with E-state index in [0.717, 1.165) is 34.1 Å². The van der Waals surface area contributed by atoms with E-state index in [1.165, 1.54) is 5.57 Å². The van der Waals surface area contributed by atoms with Gasteiger partial charge in [0.25, 0.3) is 0 Å². The average Bonchev–Trinajstić information content (AvgIpc) is 3.37. The van der Waals surface area contributed by atoms with Crippen molar-refractivity contribution in [2.24, 2.45) is 0 Å². The Morgan fingerprint density at radius 2 is 1.66 bits per heavy atom. The van der Waals surface area contributed by atoms with Crippen LogP contribution in [0.25, 0.3) is 12.2 Å². The molecule has 2 aliphatic carbocycles. The van der Waals surface area contributed by atoms with Crippen LogP contribution < -0.4 is 10.8 Å². The number of hydrogen-bond donors (Lipinski definition) is 1. The first-order valence-corrected chi connectivity index (χ1v) is 12.8. The van der Waals surface area contributed by atoms with E-state index in [2.05, 4.69) is 19.9 Å². The van der Waals surface area contributed by atoms with Crippen LogP contribution in [-0.4, -0.2) is 24.0 Å². The molecule has 5 rings (SSSR count). The molecule has 1 N–H and O–H groups in total. The van der Waals surface area contributed by atoms with Crippen LogP contribution in [0.5, 0.6) is 5.75 Å². The number of benzene rings is 2. The molecule has 38 heavy (non-hydrogen) atoms. The zero-order chi connectivity index (χ0) is 27.0. The van der Waals surface area contributed by atoms with Gasteiger partial charge in [0.05, 0.1) is 17.7 Å². The summed E-state index contributed by atoms with van der Waals surface area (Å²) in [4.78, 5) is 24.1. The molecule has 1 aromatic heterocycles. The minimum Gasteiger partial charge on any atom is -0.504 e. The zero-order valence-electron chi connectivity index (χ0n) is 21.9. The first-order valence-electron chi connectivity index (χ1n) is 12.8. The number of rotatable bonds is 6. The smallest absolute Gasteiger partial charge is 0.335 e. The summed E-state index contributed by atoms with van der Waals surface area (Å²) in [6.45, 7) is 8.06. The van der Waals surface area contributed by atoms with E-state index >= 15 is 0 Å². The Morgan fingerprint density at radius 1 is 0.974 bits per heavy atom. The summed E-state index contributed by atoms with van der Waals surface area (Å²) in [5, 5.41) is 11.5. The Balaban J connectivity index is 1.63. The maximum Gasteiger partial charge on any atom is 0.335 e. The van der Waals surface area contributed by atoms with Gasteiger partial charge in [-0.05, 0) is 62.1 Å². The third-order valence-corrected chi connectivity index (χ3v) is 7.37. The number of ether oxygens (including phenoxy) is 1. The van der Waals surface area contributed by atoms with Crippen molar-refractivity contribution in [1.29, 1.82) is 0 Å². The highest BCUT2D eigenvalue weighted by Gasteiger charge is 2.35. The van der Waals surface area contributed by atoms with E-state index in [1.54, 1.807) is 13.0 Å². The topological polar surface area (TPSA) is 76.7 Å². The van der Waals surface area contributed by atoms with Crippen molar-refractivity contribution in [2.75, 3.05) is 6.61 Å². The van der Waals surface area contributed by atoms with Crippen molar-refractivity contribution in [1.82, 2.24) is 0 Å². The molecule has 0 saturated carbocycles. The van der Waals surface area contributed by atoms with Gasteiger partial charge in [-0.2, -0.15) is 0 Å². The fourth-order valence-corrected chi connectivity index (χ4v) is 5.60. The first-order chi connectivity index (χ1) is 18.3. The number of esters is 1. The second-order valence-electron chi connectivity index (χ2n) is 9.79. The minimum atomic E-state index is -0.513. The van der Waals surface area contributed by atoms with Crippen LogP contribution >= 0.6 is 0 Å². The highest BCUT2D eigenvalue weighted by Crippen LogP contribution is 2.41. The summed E-state index contributed by atoms with van der Waals surface area (Å²) in [5.41, 5.74) is 8.56. The highest BCUT2D eigenvalue weighted by atomic mass is 16.5. The van der Waals surface area contributed by atoms with E-state index in [-0.39, 0.29) is 18.3 Å². The van der Waals surface area contributed by atoms with Gasteiger partial charge < -0.3 is 14.3 Å². The fourth-order valence-electron chi connectivity index (χ4n) is 5.60. The van der Waals surface area contributed by atoms with Crippen molar-refractivity contribution in [3.63, 3.8) is 0 Å². The van der Waals surface area contributed by atoms with Gasteiger partial charge in [-0.1, -0.05) is 71.8 Å². The molecule has 2 aromatic carbocycles. The van der Waals surface area contributed by atoms with Gasteiger partial charge in [0, 0.05) is 17.4 Å². The number of allylic oxidation sites excluding steroid dienone is 5. The van der Waals surface area contributed by atoms with Crippen molar-refractivity contribution >= 4 is 24.4 Å². The van der Waals surface area contributed by atoms with Gasteiger partial charge in [0.15, 0.2) is 11.2 Å². The number of fused-ring (bicyclic) bond motifs is 1. The summed E-state index contributed by atoms with van der Waals surface area (Å²) in [6, 6.07) is 17.2. The molecule has 0 fully saturated rings. The fraction of sp³-hybridized carbons (Fsp3) is 0.212. The predicted octanol–water partition coefficient (Wildman–Crippen LogP) is 5.44. The third-order valence-electron chi connectivity index (χ3n) is 7.37. The monoisotopic (exact) mass is 506 g/mol. The van der Waals surface area contributed by atoms with E-state index in [1.807, 2.05) is 67.6 Å². The maximum absolute atomic E-state index is 13.0. The quantitative estimate of drug-likeness (QED) is 0.356. The Labute approximate surface area is 221 Å². The molecule has 5 nitrogen and oxygen atoms in total. The summed E-state index contributed by atoms with van der Waals surface area (Å²) in [6.07, 6.45) is 6.60. The Hall–Kier alpha value is -4.38. The normalized spacial score (nSPS) is 19.3. The lowest BCUT2D eigenvalue weighted by molar-refractivity contribution is -0.138. The molecule has 0 saturated heterocycles. The van der Waals surface area contributed by atoms with Crippen LogP contribution in [0.15, 0.2) is 93.0 Å². The highest BCUT2D eigenvalue weighted by molar-refractivity contribution is 5.95. The number of aromatic hydroxyl groups is 1. The summed E-state index contributed by atoms with van der Waals surface area (Å²) >= 11 is 0. The minimum absolute atomic E-state index is 0.0181. The van der Waals surface area contributed by atoms with E-state index in [4.69, 9.17) is 9.15 Å². The molecule has 0 spiro atoms. The molecule has 0 aliphatic heterocycles. The second kappa shape index (κ2) is 10.2. The molecule has 192 valence electrons. The van der Waals surface area contributed by atoms with Gasteiger partial charge in [0.2, 0.25) is 0 Å². The number of furan rings is 1. The summed E-state index contributed by atoms with van der Waals surface area (Å²) in [7, 11) is 0. The van der Waals surface area contributed by atoms with Crippen molar-refractivity contribution in [3.8, 4) is 5.75 Å². The Bertz CT molecular complexity index is 1630. The van der Waals surface area contributed by atoms with Crippen LogP contribution in [0.2, 0.25) is 0 Å². The lowest BCUT2D eigenvalue weighted by atomic mass is 9.80. The second-order valence-corrected chi connectivity index (χ2v) is 9.79. The van der Waals surface area contributed by atoms with Gasteiger partial charge >= 0.3 is 5.97 Å². The molecule has 0 amide bonds. The van der Waals surface area contributed by atoms with Gasteiger partial charge in [-0.15, -0.1) is 0 Å². The van der Waals surface area contributed by atoms with Crippen molar-refractivity contribution < 1.29 is 23.8 Å². The van der Waals surface area contributed by atoms with Crippen LogP contribution in [0.4, 0.5) is 0 Å². The summed E-state index contributed by atoms with van der Waals surface area (Å²) < 4.78 is 11.6. The SMILES string of the molecule is CCOC(=O)C1=C(C)C=c2oc(=CC3=C(C)C(c4ccc(C=O)cc4)C(C)=C3)c(O)c2C1c1ccccc1. The molecular formula is C33H30O5. The number of aldehydes is 1. The van der Waals surface area contributed by atoms with Crippen molar-refractivity contribution in [3.05, 3.63) is 122 Å². The van der Waals surface area contributed by atoms with Gasteiger partial charge in [-0.3, -0.25) is 4.79 Å². The van der Waals surface area contributed by atoms with E-state index < -0.39 is 11.9 Å². The molecule has 1 heterocycles. The molecule has 5 heteroatoms. The Morgan fingerprint density at radius 3 is 2.32 bits per heavy atom. The number of carbonyl (C=O) groups is 2. The van der Waals surface area contributed by atoms with Gasteiger partial charge in [0.1, 0.15) is 11.7 Å². The lowest BCUT2D eigenvalue weighted by Crippen LogP contribution is -2.24. The summed E-state index contributed by atoms with van der Waals surface area (Å²) in [5.74, 6) is -0.814. The number of carbonyl (C=O) groups excluding carboxylic acids is 2. The third kappa shape index (κ3) is 4.34. The Kier molecular flexibility index (Phi) is 6.77. The van der Waals surface area contributed by atoms with Gasteiger partial charge in [-0.25, -0.2) is 4.79 Å². The largest absolute Gasteiger partial charge is 0.504 e. The molecule has 2 aliphatic rings. The zero-order valence-corrected chi connectivity index (χ0v) is 21.9. The van der Waals surface area contributed by atoms with Crippen molar-refractivity contribution in [2.45, 2.75) is 39.5 Å². The van der Waals surface area contributed by atoms with Crippen LogP contribution in [0.1, 0.15) is 66.6 Å². The molecule has 0 bridgehead atoms.